The Labute approximate surface area is 231 Å². The van der Waals surface area contributed by atoms with E-state index in [0.29, 0.717) is 36.9 Å². The van der Waals surface area contributed by atoms with Gasteiger partial charge < -0.3 is 19.0 Å². The third-order valence-electron chi connectivity index (χ3n) is 7.99. The molecule has 0 spiro atoms. The van der Waals surface area contributed by atoms with Gasteiger partial charge in [-0.1, -0.05) is 30.3 Å². The first-order valence-corrected chi connectivity index (χ1v) is 15.4. The summed E-state index contributed by atoms with van der Waals surface area (Å²) in [4.78, 5) is 16.9. The van der Waals surface area contributed by atoms with Gasteiger partial charge >= 0.3 is 6.09 Å². The lowest BCUT2D eigenvalue weighted by Crippen LogP contribution is -2.41. The van der Waals surface area contributed by atoms with Gasteiger partial charge in [-0.3, -0.25) is 0 Å². The van der Waals surface area contributed by atoms with Gasteiger partial charge in [0.1, 0.15) is 5.58 Å². The molecule has 1 saturated heterocycles. The molecule has 3 aromatic rings. The second kappa shape index (κ2) is 11.7. The maximum atomic E-state index is 13.6. The summed E-state index contributed by atoms with van der Waals surface area (Å²) in [5.74, 6) is 0.330. The summed E-state index contributed by atoms with van der Waals surface area (Å²) in [6, 6.07) is 13.5. The number of hydrogen-bond donors (Lipinski definition) is 0. The van der Waals surface area contributed by atoms with E-state index in [1.807, 2.05) is 44.4 Å². The second-order valence-corrected chi connectivity index (χ2v) is 13.1. The highest BCUT2D eigenvalue weighted by Crippen LogP contribution is 2.29. The molecule has 1 amide bonds. The predicted octanol–water partition coefficient (Wildman–Crippen LogP) is 4.91. The fourth-order valence-electron chi connectivity index (χ4n) is 5.78. The van der Waals surface area contributed by atoms with Crippen LogP contribution in [0.15, 0.2) is 58.0 Å². The van der Waals surface area contributed by atoms with Crippen molar-refractivity contribution in [3.63, 3.8) is 0 Å². The zero-order chi connectivity index (χ0) is 27.6. The number of benzene rings is 2. The molecule has 0 saturated carbocycles. The van der Waals surface area contributed by atoms with Crippen molar-refractivity contribution < 1.29 is 22.4 Å². The number of ether oxygens (including phenoxy) is 1. The summed E-state index contributed by atoms with van der Waals surface area (Å²) in [5, 5.41) is 1.19. The lowest BCUT2D eigenvalue weighted by atomic mass is 9.96. The van der Waals surface area contributed by atoms with Crippen LogP contribution in [-0.4, -0.2) is 74.5 Å². The highest BCUT2D eigenvalue weighted by Gasteiger charge is 2.31. The molecule has 0 aliphatic carbocycles. The normalized spacial score (nSPS) is 17.2. The summed E-state index contributed by atoms with van der Waals surface area (Å²) in [7, 11) is -1.94. The number of carbonyl (C=O) groups is 1. The van der Waals surface area contributed by atoms with E-state index in [2.05, 4.69) is 11.0 Å². The van der Waals surface area contributed by atoms with Gasteiger partial charge in [0.05, 0.1) is 17.3 Å². The minimum Gasteiger partial charge on any atom is -0.464 e. The molecule has 1 fully saturated rings. The van der Waals surface area contributed by atoms with Gasteiger partial charge in [-0.15, -0.1) is 0 Å². The molecule has 9 heteroatoms. The van der Waals surface area contributed by atoms with Crippen molar-refractivity contribution in [1.29, 1.82) is 0 Å². The van der Waals surface area contributed by atoms with E-state index in [9.17, 15) is 13.2 Å². The first kappa shape index (κ1) is 27.7. The number of hydrogen-bond acceptors (Lipinski definition) is 6. The molecule has 0 unspecified atom stereocenters. The quantitative estimate of drug-likeness (QED) is 0.394. The topological polar surface area (TPSA) is 83.3 Å². The average molecular weight is 554 g/mol. The number of rotatable bonds is 8. The molecule has 0 atom stereocenters. The first-order chi connectivity index (χ1) is 18.7. The Morgan fingerprint density at radius 1 is 1.10 bits per heavy atom. The van der Waals surface area contributed by atoms with Crippen LogP contribution in [0.3, 0.4) is 0 Å². The van der Waals surface area contributed by atoms with Crippen LogP contribution in [0.4, 0.5) is 4.79 Å². The minimum absolute atomic E-state index is 0.192. The number of carbonyl (C=O) groups excluding carboxylic acids is 1. The van der Waals surface area contributed by atoms with Crippen molar-refractivity contribution in [2.24, 2.45) is 5.92 Å². The molecule has 0 bridgehead atoms. The summed E-state index contributed by atoms with van der Waals surface area (Å²) >= 11 is 0. The molecule has 0 radical (unpaired) electrons. The molecule has 3 heterocycles. The van der Waals surface area contributed by atoms with E-state index in [-0.39, 0.29) is 12.2 Å². The summed E-state index contributed by atoms with van der Waals surface area (Å²) in [6.07, 6.45) is 4.72. The maximum Gasteiger partial charge on any atom is 0.410 e. The van der Waals surface area contributed by atoms with E-state index in [4.69, 9.17) is 9.15 Å². The van der Waals surface area contributed by atoms with Gasteiger partial charge in [-0.25, -0.2) is 17.5 Å². The van der Waals surface area contributed by atoms with Gasteiger partial charge in [0, 0.05) is 38.6 Å². The summed E-state index contributed by atoms with van der Waals surface area (Å²) < 4.78 is 39.8. The molecule has 1 aromatic heterocycles. The number of piperidine rings is 1. The Balaban J connectivity index is 1.16. The van der Waals surface area contributed by atoms with Crippen LogP contribution in [0.5, 0.6) is 0 Å². The van der Waals surface area contributed by atoms with Crippen LogP contribution in [0.25, 0.3) is 11.0 Å². The van der Waals surface area contributed by atoms with Crippen LogP contribution in [0.2, 0.25) is 0 Å². The molecular weight excluding hydrogens is 514 g/mol. The number of fused-ring (bicyclic) bond motifs is 2. The van der Waals surface area contributed by atoms with E-state index in [1.54, 1.807) is 24.1 Å². The van der Waals surface area contributed by atoms with Crippen LogP contribution in [0, 0.1) is 5.92 Å². The molecule has 2 aliphatic heterocycles. The smallest absolute Gasteiger partial charge is 0.410 e. The van der Waals surface area contributed by atoms with E-state index < -0.39 is 10.0 Å². The Morgan fingerprint density at radius 2 is 1.87 bits per heavy atom. The SMILES string of the molecule is CC(C)OC(=O)N1CCc2c(cccc2S(=O)(=O)N(C)CC2CCN(CCc3coc4ccccc34)CC2)C1. The molecule has 210 valence electrons. The molecule has 8 nitrogen and oxygen atoms in total. The van der Waals surface area contributed by atoms with E-state index in [0.717, 1.165) is 55.6 Å². The zero-order valence-corrected chi connectivity index (χ0v) is 24.0. The Bertz CT molecular complexity index is 1410. The predicted molar refractivity (Wildman–Crippen MR) is 151 cm³/mol. The van der Waals surface area contributed by atoms with Gasteiger partial charge in [-0.2, -0.15) is 0 Å². The molecule has 5 rings (SSSR count). The van der Waals surface area contributed by atoms with E-state index in [1.165, 1.54) is 15.3 Å². The van der Waals surface area contributed by atoms with Gasteiger partial charge in [-0.05, 0) is 87.4 Å². The molecule has 39 heavy (non-hydrogen) atoms. The van der Waals surface area contributed by atoms with Crippen molar-refractivity contribution in [1.82, 2.24) is 14.1 Å². The highest BCUT2D eigenvalue weighted by molar-refractivity contribution is 7.89. The van der Waals surface area contributed by atoms with Gasteiger partial charge in [0.2, 0.25) is 10.0 Å². The fourth-order valence-corrected chi connectivity index (χ4v) is 7.31. The number of amides is 1. The van der Waals surface area contributed by atoms with Crippen molar-refractivity contribution in [3.8, 4) is 0 Å². The Morgan fingerprint density at radius 3 is 2.64 bits per heavy atom. The first-order valence-electron chi connectivity index (χ1n) is 13.9. The van der Waals surface area contributed by atoms with Crippen LogP contribution >= 0.6 is 0 Å². The van der Waals surface area contributed by atoms with Crippen molar-refractivity contribution in [2.45, 2.75) is 57.1 Å². The summed E-state index contributed by atoms with van der Waals surface area (Å²) in [6.45, 7) is 7.88. The van der Waals surface area contributed by atoms with Gasteiger partial charge in [0.15, 0.2) is 0 Å². The van der Waals surface area contributed by atoms with Crippen LogP contribution in [0.1, 0.15) is 43.4 Å². The monoisotopic (exact) mass is 553 g/mol. The molecule has 0 N–H and O–H groups in total. The number of para-hydroxylation sites is 1. The standard InChI is InChI=1S/C30H39N3O5S/c1-22(2)38-30(34)33-18-14-27-24(20-33)7-6-10-29(27)39(35,36)31(3)19-23-11-15-32(16-12-23)17-13-25-21-37-28-9-5-4-8-26(25)28/h4-10,21-23H,11-20H2,1-3H3. The fraction of sp³-hybridized carbons (Fsp3) is 0.500. The molecular formula is C30H39N3O5S. The Hall–Kier alpha value is -2.88. The second-order valence-electron chi connectivity index (χ2n) is 11.1. The third kappa shape index (κ3) is 6.15. The van der Waals surface area contributed by atoms with E-state index >= 15 is 0 Å². The van der Waals surface area contributed by atoms with Gasteiger partial charge in [0.25, 0.3) is 0 Å². The van der Waals surface area contributed by atoms with Crippen LogP contribution in [-0.2, 0) is 34.1 Å². The number of likely N-dealkylation sites (tertiary alicyclic amines) is 1. The largest absolute Gasteiger partial charge is 0.464 e. The Kier molecular flexibility index (Phi) is 8.30. The van der Waals surface area contributed by atoms with Crippen LogP contribution < -0.4 is 0 Å². The summed E-state index contributed by atoms with van der Waals surface area (Å²) in [5.41, 5.74) is 3.86. The highest BCUT2D eigenvalue weighted by atomic mass is 32.2. The van der Waals surface area contributed by atoms with Crippen molar-refractivity contribution in [2.75, 3.05) is 39.8 Å². The maximum absolute atomic E-state index is 13.6. The lowest BCUT2D eigenvalue weighted by molar-refractivity contribution is 0.0728. The number of nitrogens with zero attached hydrogens (tertiary/aromatic N) is 3. The average Bonchev–Trinajstić information content (AvgIpc) is 3.34. The van der Waals surface area contributed by atoms with Crippen molar-refractivity contribution in [3.05, 3.63) is 65.4 Å². The number of furan rings is 1. The van der Waals surface area contributed by atoms with Crippen molar-refractivity contribution >= 4 is 27.1 Å². The minimum atomic E-state index is -3.64. The molecule has 2 aliphatic rings. The molecule has 2 aromatic carbocycles. The third-order valence-corrected chi connectivity index (χ3v) is 9.89. The number of sulfonamides is 1. The zero-order valence-electron chi connectivity index (χ0n) is 23.1. The lowest BCUT2D eigenvalue weighted by Gasteiger charge is -2.34.